The highest BCUT2D eigenvalue weighted by atomic mass is 19.1. The minimum Gasteiger partial charge on any atom is -0.363 e. The molecule has 0 aliphatic heterocycles. The van der Waals surface area contributed by atoms with Crippen LogP contribution in [0.2, 0.25) is 0 Å². The summed E-state index contributed by atoms with van der Waals surface area (Å²) in [6, 6.07) is 7.66. The Morgan fingerprint density at radius 2 is 2.19 bits per heavy atom. The SMILES string of the molecule is O=C(Cc1ccccc1F)Nc1ccon1. The summed E-state index contributed by atoms with van der Waals surface area (Å²) in [6.07, 6.45) is 1.32. The highest BCUT2D eigenvalue weighted by molar-refractivity contribution is 5.91. The van der Waals surface area contributed by atoms with E-state index in [-0.39, 0.29) is 12.3 Å². The summed E-state index contributed by atoms with van der Waals surface area (Å²) < 4.78 is 17.8. The summed E-state index contributed by atoms with van der Waals surface area (Å²) in [4.78, 5) is 11.5. The average Bonchev–Trinajstić information content (AvgIpc) is 2.74. The number of anilines is 1. The van der Waals surface area contributed by atoms with Gasteiger partial charge in [-0.05, 0) is 11.6 Å². The number of aromatic nitrogens is 1. The average molecular weight is 220 g/mol. The van der Waals surface area contributed by atoms with Crippen molar-refractivity contribution in [1.29, 1.82) is 0 Å². The maximum Gasteiger partial charge on any atom is 0.230 e. The molecule has 5 heteroatoms. The van der Waals surface area contributed by atoms with Crippen LogP contribution in [0.5, 0.6) is 0 Å². The third-order valence-electron chi connectivity index (χ3n) is 2.01. The Morgan fingerprint density at radius 3 is 2.88 bits per heavy atom. The van der Waals surface area contributed by atoms with Gasteiger partial charge in [0.05, 0.1) is 6.42 Å². The van der Waals surface area contributed by atoms with Gasteiger partial charge < -0.3 is 9.84 Å². The zero-order valence-electron chi connectivity index (χ0n) is 8.31. The van der Waals surface area contributed by atoms with Crippen LogP contribution in [0.3, 0.4) is 0 Å². The molecule has 2 rings (SSSR count). The minimum absolute atomic E-state index is 0.0282. The Balaban J connectivity index is 2.00. The van der Waals surface area contributed by atoms with Crippen LogP contribution in [0.1, 0.15) is 5.56 Å². The first-order valence-electron chi connectivity index (χ1n) is 4.69. The molecule has 0 spiro atoms. The number of carbonyl (C=O) groups excluding carboxylic acids is 1. The van der Waals surface area contributed by atoms with Crippen LogP contribution < -0.4 is 5.32 Å². The summed E-state index contributed by atoms with van der Waals surface area (Å²) in [6.45, 7) is 0. The Kier molecular flexibility index (Phi) is 2.95. The van der Waals surface area contributed by atoms with E-state index in [0.29, 0.717) is 11.4 Å². The van der Waals surface area contributed by atoms with Crippen molar-refractivity contribution >= 4 is 11.7 Å². The van der Waals surface area contributed by atoms with Gasteiger partial charge in [-0.3, -0.25) is 4.79 Å². The van der Waals surface area contributed by atoms with Crippen molar-refractivity contribution in [3.63, 3.8) is 0 Å². The van der Waals surface area contributed by atoms with Crippen LogP contribution in [0, 0.1) is 5.82 Å². The van der Waals surface area contributed by atoms with Crippen molar-refractivity contribution in [1.82, 2.24) is 5.16 Å². The molecular formula is C11H9FN2O2. The molecule has 0 fully saturated rings. The van der Waals surface area contributed by atoms with Gasteiger partial charge in [0.2, 0.25) is 5.91 Å². The van der Waals surface area contributed by atoms with E-state index in [0.717, 1.165) is 0 Å². The number of carbonyl (C=O) groups is 1. The lowest BCUT2D eigenvalue weighted by molar-refractivity contribution is -0.115. The van der Waals surface area contributed by atoms with Gasteiger partial charge in [0.25, 0.3) is 0 Å². The molecule has 1 amide bonds. The fourth-order valence-corrected chi connectivity index (χ4v) is 1.28. The first-order chi connectivity index (χ1) is 7.75. The van der Waals surface area contributed by atoms with Gasteiger partial charge in [-0.2, -0.15) is 0 Å². The Hall–Kier alpha value is -2.17. The molecule has 16 heavy (non-hydrogen) atoms. The molecule has 0 saturated heterocycles. The first kappa shape index (κ1) is 10.4. The Labute approximate surface area is 91.1 Å². The maximum absolute atomic E-state index is 13.2. The van der Waals surface area contributed by atoms with Crippen molar-refractivity contribution < 1.29 is 13.7 Å². The first-order valence-corrected chi connectivity index (χ1v) is 4.69. The summed E-state index contributed by atoms with van der Waals surface area (Å²) in [5, 5.41) is 6.01. The second-order valence-electron chi connectivity index (χ2n) is 3.20. The third kappa shape index (κ3) is 2.44. The van der Waals surface area contributed by atoms with E-state index in [1.54, 1.807) is 18.2 Å². The van der Waals surface area contributed by atoms with Crippen LogP contribution in [0.15, 0.2) is 41.1 Å². The summed E-state index contributed by atoms with van der Waals surface area (Å²) in [7, 11) is 0. The maximum atomic E-state index is 13.2. The molecule has 1 aromatic carbocycles. The quantitative estimate of drug-likeness (QED) is 0.860. The monoisotopic (exact) mass is 220 g/mol. The fraction of sp³-hybridized carbons (Fsp3) is 0.0909. The standard InChI is InChI=1S/C11H9FN2O2/c12-9-4-2-1-3-8(9)7-11(15)13-10-5-6-16-14-10/h1-6H,7H2,(H,13,14,15). The molecule has 0 aliphatic carbocycles. The van der Waals surface area contributed by atoms with Gasteiger partial charge in [0, 0.05) is 6.07 Å². The number of benzene rings is 1. The van der Waals surface area contributed by atoms with Gasteiger partial charge >= 0.3 is 0 Å². The second-order valence-corrected chi connectivity index (χ2v) is 3.20. The summed E-state index contributed by atoms with van der Waals surface area (Å²) in [5.41, 5.74) is 0.350. The molecule has 0 bridgehead atoms. The lowest BCUT2D eigenvalue weighted by Gasteiger charge is -2.02. The third-order valence-corrected chi connectivity index (χ3v) is 2.01. The number of rotatable bonds is 3. The predicted molar refractivity (Wildman–Crippen MR) is 55.2 cm³/mol. The van der Waals surface area contributed by atoms with E-state index in [1.807, 2.05) is 0 Å². The molecule has 4 nitrogen and oxygen atoms in total. The van der Waals surface area contributed by atoms with E-state index in [9.17, 15) is 9.18 Å². The Bertz CT molecular complexity index is 482. The molecule has 0 unspecified atom stereocenters. The number of nitrogens with one attached hydrogen (secondary N) is 1. The number of hydrogen-bond acceptors (Lipinski definition) is 3. The van der Waals surface area contributed by atoms with Gasteiger partial charge in [-0.25, -0.2) is 4.39 Å². The smallest absolute Gasteiger partial charge is 0.230 e. The number of amides is 1. The largest absolute Gasteiger partial charge is 0.363 e. The fourth-order valence-electron chi connectivity index (χ4n) is 1.28. The molecular weight excluding hydrogens is 211 g/mol. The molecule has 1 aromatic heterocycles. The topological polar surface area (TPSA) is 55.1 Å². The van der Waals surface area contributed by atoms with Gasteiger partial charge in [-0.15, -0.1) is 0 Å². The number of nitrogens with zero attached hydrogens (tertiary/aromatic N) is 1. The van der Waals surface area contributed by atoms with Crippen LogP contribution in [0.4, 0.5) is 10.2 Å². The van der Waals surface area contributed by atoms with Crippen molar-refractivity contribution in [3.05, 3.63) is 48.0 Å². The Morgan fingerprint density at radius 1 is 1.38 bits per heavy atom. The van der Waals surface area contributed by atoms with Crippen LogP contribution in [0.25, 0.3) is 0 Å². The summed E-state index contributed by atoms with van der Waals surface area (Å²) in [5.74, 6) is -0.404. The van der Waals surface area contributed by atoms with Crippen molar-refractivity contribution in [2.24, 2.45) is 0 Å². The molecule has 1 heterocycles. The van der Waals surface area contributed by atoms with E-state index in [4.69, 9.17) is 0 Å². The normalized spacial score (nSPS) is 10.1. The lowest BCUT2D eigenvalue weighted by atomic mass is 10.1. The molecule has 0 saturated carbocycles. The van der Waals surface area contributed by atoms with E-state index in [2.05, 4.69) is 15.0 Å². The van der Waals surface area contributed by atoms with Crippen LogP contribution >= 0.6 is 0 Å². The van der Waals surface area contributed by atoms with E-state index in [1.165, 1.54) is 18.4 Å². The van der Waals surface area contributed by atoms with Gasteiger partial charge in [0.15, 0.2) is 5.82 Å². The second kappa shape index (κ2) is 4.57. The zero-order valence-corrected chi connectivity index (χ0v) is 8.31. The zero-order chi connectivity index (χ0) is 11.4. The van der Waals surface area contributed by atoms with Gasteiger partial charge in [-0.1, -0.05) is 23.4 Å². The van der Waals surface area contributed by atoms with Crippen molar-refractivity contribution in [2.45, 2.75) is 6.42 Å². The predicted octanol–water partition coefficient (Wildman–Crippen LogP) is 1.99. The van der Waals surface area contributed by atoms with E-state index >= 15 is 0 Å². The lowest BCUT2D eigenvalue weighted by Crippen LogP contribution is -2.15. The minimum atomic E-state index is -0.391. The molecule has 0 radical (unpaired) electrons. The highest BCUT2D eigenvalue weighted by Gasteiger charge is 2.08. The van der Waals surface area contributed by atoms with Crippen molar-refractivity contribution in [2.75, 3.05) is 5.32 Å². The highest BCUT2D eigenvalue weighted by Crippen LogP contribution is 2.08. The van der Waals surface area contributed by atoms with Gasteiger partial charge in [0.1, 0.15) is 12.1 Å². The summed E-state index contributed by atoms with van der Waals surface area (Å²) >= 11 is 0. The molecule has 2 aromatic rings. The molecule has 1 N–H and O–H groups in total. The number of halogens is 1. The van der Waals surface area contributed by atoms with E-state index < -0.39 is 5.82 Å². The molecule has 0 aliphatic rings. The molecule has 0 atom stereocenters. The molecule has 82 valence electrons. The van der Waals surface area contributed by atoms with Crippen LogP contribution in [-0.2, 0) is 11.2 Å². The number of hydrogen-bond donors (Lipinski definition) is 1. The van der Waals surface area contributed by atoms with Crippen molar-refractivity contribution in [3.8, 4) is 0 Å². The van der Waals surface area contributed by atoms with Crippen LogP contribution in [-0.4, -0.2) is 11.1 Å².